The number of hydrogen-bond acceptors (Lipinski definition) is 5. The fourth-order valence-corrected chi connectivity index (χ4v) is 2.50. The Labute approximate surface area is 136 Å². The van der Waals surface area contributed by atoms with Crippen molar-refractivity contribution in [2.24, 2.45) is 5.92 Å². The molecule has 0 saturated carbocycles. The number of hydrogen-bond donors (Lipinski definition) is 1. The van der Waals surface area contributed by atoms with Crippen LogP contribution in [0.4, 0.5) is 13.2 Å². The molecular formula is C14H19F3N4O3. The van der Waals surface area contributed by atoms with E-state index in [1.165, 1.54) is 0 Å². The van der Waals surface area contributed by atoms with Crippen LogP contribution in [-0.2, 0) is 22.2 Å². The van der Waals surface area contributed by atoms with E-state index >= 15 is 0 Å². The molecule has 1 N–H and O–H groups in total. The normalized spacial score (nSPS) is 19.0. The lowest BCUT2D eigenvalue weighted by atomic mass is 9.95. The number of nitrogens with one attached hydrogen (secondary N) is 1. The highest BCUT2D eigenvalue weighted by Gasteiger charge is 2.38. The summed E-state index contributed by atoms with van der Waals surface area (Å²) in [7, 11) is 0. The largest absolute Gasteiger partial charge is 0.471 e. The molecule has 2 rings (SSSR count). The molecule has 2 amide bonds. The molecule has 0 aliphatic carbocycles. The Bertz CT molecular complexity index is 600. The van der Waals surface area contributed by atoms with E-state index in [-0.39, 0.29) is 42.6 Å². The number of carbonyl (C=O) groups is 2. The summed E-state index contributed by atoms with van der Waals surface area (Å²) < 4.78 is 41.1. The Balaban J connectivity index is 1.81. The average molecular weight is 348 g/mol. The molecule has 1 saturated heterocycles. The lowest BCUT2D eigenvalue weighted by Gasteiger charge is -2.34. The van der Waals surface area contributed by atoms with Gasteiger partial charge in [0, 0.05) is 32.0 Å². The molecule has 134 valence electrons. The number of carbonyl (C=O) groups excluding carboxylic acids is 2. The maximum atomic E-state index is 12.3. The Morgan fingerprint density at radius 1 is 1.46 bits per heavy atom. The van der Waals surface area contributed by atoms with Crippen molar-refractivity contribution >= 4 is 11.8 Å². The molecule has 1 aliphatic heterocycles. The standard InChI is InChI=1S/C14H19F3N4O3/c1-8(2)21-7-9(3-4-11(21)22)12(23)18-6-5-10-19-13(24-20-10)14(15,16)17/h8-9H,3-7H2,1-2H3,(H,18,23)/t9-/m0/s1. The summed E-state index contributed by atoms with van der Waals surface area (Å²) in [6.45, 7) is 4.21. The van der Waals surface area contributed by atoms with Gasteiger partial charge in [0.15, 0.2) is 5.82 Å². The van der Waals surface area contributed by atoms with Gasteiger partial charge in [-0.3, -0.25) is 9.59 Å². The minimum atomic E-state index is -4.68. The Morgan fingerprint density at radius 3 is 2.75 bits per heavy atom. The Kier molecular flexibility index (Phi) is 5.45. The Hall–Kier alpha value is -2.13. The van der Waals surface area contributed by atoms with Gasteiger partial charge in [-0.05, 0) is 20.3 Å². The van der Waals surface area contributed by atoms with E-state index in [1.807, 2.05) is 13.8 Å². The molecule has 10 heteroatoms. The quantitative estimate of drug-likeness (QED) is 0.869. The molecule has 1 atom stereocenters. The van der Waals surface area contributed by atoms with Gasteiger partial charge in [0.05, 0.1) is 5.92 Å². The summed E-state index contributed by atoms with van der Waals surface area (Å²) in [5.41, 5.74) is 0. The molecule has 0 unspecified atom stereocenters. The summed E-state index contributed by atoms with van der Waals surface area (Å²) >= 11 is 0. The zero-order valence-electron chi connectivity index (χ0n) is 13.4. The zero-order valence-corrected chi connectivity index (χ0v) is 13.4. The Morgan fingerprint density at radius 2 is 2.17 bits per heavy atom. The van der Waals surface area contributed by atoms with Gasteiger partial charge in [0.25, 0.3) is 0 Å². The number of piperidine rings is 1. The number of nitrogens with zero attached hydrogens (tertiary/aromatic N) is 3. The highest BCUT2D eigenvalue weighted by Crippen LogP contribution is 2.27. The predicted molar refractivity (Wildman–Crippen MR) is 75.6 cm³/mol. The maximum Gasteiger partial charge on any atom is 0.471 e. The third kappa shape index (κ3) is 4.45. The van der Waals surface area contributed by atoms with Crippen molar-refractivity contribution in [1.29, 1.82) is 0 Å². The van der Waals surface area contributed by atoms with Crippen molar-refractivity contribution in [3.8, 4) is 0 Å². The van der Waals surface area contributed by atoms with Gasteiger partial charge >= 0.3 is 12.1 Å². The molecule has 0 radical (unpaired) electrons. The van der Waals surface area contributed by atoms with Crippen LogP contribution in [0.25, 0.3) is 0 Å². The fraction of sp³-hybridized carbons (Fsp3) is 0.714. The molecular weight excluding hydrogens is 329 g/mol. The zero-order chi connectivity index (χ0) is 17.9. The summed E-state index contributed by atoms with van der Waals surface area (Å²) in [6, 6.07) is 0.0215. The van der Waals surface area contributed by atoms with E-state index in [0.717, 1.165) is 0 Å². The van der Waals surface area contributed by atoms with E-state index in [4.69, 9.17) is 0 Å². The van der Waals surface area contributed by atoms with Crippen LogP contribution in [0.5, 0.6) is 0 Å². The van der Waals surface area contributed by atoms with Crippen LogP contribution in [-0.4, -0.2) is 46.0 Å². The number of aromatic nitrogens is 2. The molecule has 0 aromatic carbocycles. The summed E-state index contributed by atoms with van der Waals surface area (Å²) in [4.78, 5) is 28.8. The van der Waals surface area contributed by atoms with Crippen LogP contribution in [0.15, 0.2) is 4.52 Å². The molecule has 7 nitrogen and oxygen atoms in total. The fourth-order valence-electron chi connectivity index (χ4n) is 2.50. The molecule has 1 aromatic rings. The summed E-state index contributed by atoms with van der Waals surface area (Å²) in [6.07, 6.45) is -3.86. The lowest BCUT2D eigenvalue weighted by Crippen LogP contribution is -2.48. The molecule has 1 aliphatic rings. The number of alkyl halides is 3. The molecule has 0 spiro atoms. The van der Waals surface area contributed by atoms with Crippen molar-refractivity contribution in [3.63, 3.8) is 0 Å². The third-order valence-corrected chi connectivity index (χ3v) is 3.80. The SMILES string of the molecule is CC(C)N1C[C@@H](C(=O)NCCc2noc(C(F)(F)F)n2)CCC1=O. The van der Waals surface area contributed by atoms with Gasteiger partial charge in [0.1, 0.15) is 0 Å². The number of halogens is 3. The monoisotopic (exact) mass is 348 g/mol. The second-order valence-corrected chi connectivity index (χ2v) is 5.93. The molecule has 2 heterocycles. The van der Waals surface area contributed by atoms with E-state index in [9.17, 15) is 22.8 Å². The first-order valence-electron chi connectivity index (χ1n) is 7.65. The topological polar surface area (TPSA) is 88.3 Å². The van der Waals surface area contributed by atoms with Crippen LogP contribution in [0.1, 0.15) is 38.4 Å². The van der Waals surface area contributed by atoms with Crippen molar-refractivity contribution in [2.45, 2.75) is 45.3 Å². The van der Waals surface area contributed by atoms with E-state index in [0.29, 0.717) is 19.4 Å². The van der Waals surface area contributed by atoms with Crippen LogP contribution < -0.4 is 5.32 Å². The van der Waals surface area contributed by atoms with E-state index < -0.39 is 12.1 Å². The van der Waals surface area contributed by atoms with E-state index in [1.54, 1.807) is 4.90 Å². The first-order valence-corrected chi connectivity index (χ1v) is 7.65. The van der Waals surface area contributed by atoms with Gasteiger partial charge < -0.3 is 14.7 Å². The molecule has 1 fully saturated rings. The van der Waals surface area contributed by atoms with Crippen molar-refractivity contribution < 1.29 is 27.3 Å². The van der Waals surface area contributed by atoms with Crippen LogP contribution in [0.3, 0.4) is 0 Å². The van der Waals surface area contributed by atoms with Gasteiger partial charge in [-0.1, -0.05) is 5.16 Å². The second kappa shape index (κ2) is 7.18. The minimum absolute atomic E-state index is 0.0215. The highest BCUT2D eigenvalue weighted by atomic mass is 19.4. The first kappa shape index (κ1) is 18.2. The molecule has 1 aromatic heterocycles. The number of rotatable bonds is 5. The van der Waals surface area contributed by atoms with Gasteiger partial charge in [0.2, 0.25) is 11.8 Å². The lowest BCUT2D eigenvalue weighted by molar-refractivity contribution is -0.159. The third-order valence-electron chi connectivity index (χ3n) is 3.80. The average Bonchev–Trinajstić information content (AvgIpc) is 2.96. The first-order chi connectivity index (χ1) is 11.2. The van der Waals surface area contributed by atoms with Gasteiger partial charge in [-0.15, -0.1) is 0 Å². The summed E-state index contributed by atoms with van der Waals surface area (Å²) in [5.74, 6) is -2.04. The van der Waals surface area contributed by atoms with Crippen molar-refractivity contribution in [2.75, 3.05) is 13.1 Å². The second-order valence-electron chi connectivity index (χ2n) is 5.93. The smallest absolute Gasteiger partial charge is 0.355 e. The predicted octanol–water partition coefficient (Wildman–Crippen LogP) is 1.39. The van der Waals surface area contributed by atoms with Crippen LogP contribution >= 0.6 is 0 Å². The van der Waals surface area contributed by atoms with Crippen LogP contribution in [0.2, 0.25) is 0 Å². The molecule has 0 bridgehead atoms. The minimum Gasteiger partial charge on any atom is -0.355 e. The van der Waals surface area contributed by atoms with Gasteiger partial charge in [-0.2, -0.15) is 18.2 Å². The number of amides is 2. The molecule has 24 heavy (non-hydrogen) atoms. The van der Waals surface area contributed by atoms with E-state index in [2.05, 4.69) is 20.0 Å². The van der Waals surface area contributed by atoms with Crippen molar-refractivity contribution in [3.05, 3.63) is 11.7 Å². The van der Waals surface area contributed by atoms with Crippen molar-refractivity contribution in [1.82, 2.24) is 20.4 Å². The summed E-state index contributed by atoms with van der Waals surface area (Å²) in [5, 5.41) is 5.87. The van der Waals surface area contributed by atoms with Crippen LogP contribution in [0, 0.1) is 5.92 Å². The van der Waals surface area contributed by atoms with Gasteiger partial charge in [-0.25, -0.2) is 0 Å². The maximum absolute atomic E-state index is 12.3. The highest BCUT2D eigenvalue weighted by molar-refractivity contribution is 5.83. The number of likely N-dealkylation sites (tertiary alicyclic amines) is 1.